The summed E-state index contributed by atoms with van der Waals surface area (Å²) in [5.41, 5.74) is 1.55. The number of carbonyl (C=O) groups excluding carboxylic acids is 1. The minimum absolute atomic E-state index is 0.0799. The fourth-order valence-corrected chi connectivity index (χ4v) is 5.80. The third-order valence-corrected chi connectivity index (χ3v) is 7.97. The van der Waals surface area contributed by atoms with Crippen molar-refractivity contribution in [2.45, 2.75) is 29.5 Å². The van der Waals surface area contributed by atoms with E-state index in [0.717, 1.165) is 30.6 Å². The van der Waals surface area contributed by atoms with Gasteiger partial charge < -0.3 is 10.0 Å². The first-order valence-corrected chi connectivity index (χ1v) is 12.0. The molecule has 0 bridgehead atoms. The highest BCUT2D eigenvalue weighted by molar-refractivity contribution is 7.94. The number of phenolic OH excluding ortho intramolecular Hbond substituents is 1. The monoisotopic (exact) mass is 442 g/mol. The molecule has 0 saturated carbocycles. The first-order valence-electron chi connectivity index (χ1n) is 9.68. The molecule has 2 aromatic carbocycles. The van der Waals surface area contributed by atoms with Crippen molar-refractivity contribution in [3.63, 3.8) is 0 Å². The Hall–Kier alpha value is -2.84. The topological polar surface area (TPSA) is 86.7 Å². The van der Waals surface area contributed by atoms with Crippen molar-refractivity contribution in [3.8, 4) is 5.75 Å². The number of hydrogen-bond acceptors (Lipinski definition) is 5. The minimum Gasteiger partial charge on any atom is -0.507 e. The maximum atomic E-state index is 13.1. The lowest BCUT2D eigenvalue weighted by Gasteiger charge is -2.25. The SMILES string of the molecule is O=C(c1ccc(NS(=O)(=O)c2cccs2)cc1O)N1CCCC1Cc1ccccc1. The molecule has 0 radical (unpaired) electrons. The van der Waals surface area contributed by atoms with Crippen LogP contribution < -0.4 is 4.72 Å². The summed E-state index contributed by atoms with van der Waals surface area (Å²) in [5.74, 6) is -0.477. The van der Waals surface area contributed by atoms with Crippen molar-refractivity contribution in [2.24, 2.45) is 0 Å². The van der Waals surface area contributed by atoms with Gasteiger partial charge >= 0.3 is 0 Å². The lowest BCUT2D eigenvalue weighted by Crippen LogP contribution is -2.36. The van der Waals surface area contributed by atoms with E-state index in [1.54, 1.807) is 16.3 Å². The van der Waals surface area contributed by atoms with E-state index >= 15 is 0 Å². The average molecular weight is 443 g/mol. The van der Waals surface area contributed by atoms with Gasteiger partial charge in [0, 0.05) is 18.7 Å². The Labute approximate surface area is 179 Å². The van der Waals surface area contributed by atoms with Crippen LogP contribution in [0.25, 0.3) is 0 Å². The highest BCUT2D eigenvalue weighted by Gasteiger charge is 2.31. The number of sulfonamides is 1. The van der Waals surface area contributed by atoms with Gasteiger partial charge in [0.05, 0.1) is 11.3 Å². The maximum Gasteiger partial charge on any atom is 0.271 e. The van der Waals surface area contributed by atoms with Crippen LogP contribution in [0.15, 0.2) is 70.3 Å². The van der Waals surface area contributed by atoms with Gasteiger partial charge in [-0.25, -0.2) is 8.42 Å². The van der Waals surface area contributed by atoms with E-state index in [-0.39, 0.29) is 33.2 Å². The molecular weight excluding hydrogens is 420 g/mol. The molecule has 1 unspecified atom stereocenters. The summed E-state index contributed by atoms with van der Waals surface area (Å²) in [4.78, 5) is 14.9. The largest absolute Gasteiger partial charge is 0.507 e. The number of aromatic hydroxyl groups is 1. The van der Waals surface area contributed by atoms with Crippen LogP contribution in [-0.2, 0) is 16.4 Å². The van der Waals surface area contributed by atoms with Gasteiger partial charge in [-0.1, -0.05) is 36.4 Å². The van der Waals surface area contributed by atoms with Gasteiger partial charge in [0.2, 0.25) is 0 Å². The molecule has 4 rings (SSSR count). The van der Waals surface area contributed by atoms with E-state index in [2.05, 4.69) is 4.72 Å². The second-order valence-electron chi connectivity index (χ2n) is 7.25. The van der Waals surface area contributed by atoms with Crippen LogP contribution in [0.1, 0.15) is 28.8 Å². The zero-order valence-electron chi connectivity index (χ0n) is 16.2. The standard InChI is InChI=1S/C22H22N2O4S2/c25-20-15-17(23-30(27,28)21-9-5-13-29-21)10-11-19(20)22(26)24-12-4-8-18(24)14-16-6-2-1-3-7-16/h1-3,5-7,9-11,13,15,18,23,25H,4,8,12,14H2. The van der Waals surface area contributed by atoms with Gasteiger partial charge in [-0.05, 0) is 48.4 Å². The van der Waals surface area contributed by atoms with Crippen LogP contribution in [0.3, 0.4) is 0 Å². The number of carbonyl (C=O) groups is 1. The van der Waals surface area contributed by atoms with Gasteiger partial charge in [0.1, 0.15) is 9.96 Å². The van der Waals surface area contributed by atoms with Crippen molar-refractivity contribution in [2.75, 3.05) is 11.3 Å². The molecule has 0 aliphatic carbocycles. The van der Waals surface area contributed by atoms with E-state index in [9.17, 15) is 18.3 Å². The van der Waals surface area contributed by atoms with Crippen molar-refractivity contribution < 1.29 is 18.3 Å². The smallest absolute Gasteiger partial charge is 0.271 e. The second kappa shape index (κ2) is 8.49. The van der Waals surface area contributed by atoms with E-state index in [1.165, 1.54) is 29.8 Å². The first kappa shape index (κ1) is 20.4. The number of benzene rings is 2. The molecule has 0 spiro atoms. The number of hydrogen-bond donors (Lipinski definition) is 2. The molecule has 2 N–H and O–H groups in total. The van der Waals surface area contributed by atoms with Crippen molar-refractivity contribution >= 4 is 33.0 Å². The Morgan fingerprint density at radius 2 is 1.93 bits per heavy atom. The lowest BCUT2D eigenvalue weighted by atomic mass is 10.0. The predicted molar refractivity (Wildman–Crippen MR) is 117 cm³/mol. The Bertz CT molecular complexity index is 1130. The lowest BCUT2D eigenvalue weighted by molar-refractivity contribution is 0.0733. The average Bonchev–Trinajstić information content (AvgIpc) is 3.41. The predicted octanol–water partition coefficient (Wildman–Crippen LogP) is 4.10. The van der Waals surface area contributed by atoms with Crippen molar-refractivity contribution in [1.29, 1.82) is 0 Å². The highest BCUT2D eigenvalue weighted by atomic mass is 32.2. The van der Waals surface area contributed by atoms with Crippen LogP contribution in [0.5, 0.6) is 5.75 Å². The molecule has 6 nitrogen and oxygen atoms in total. The molecule has 1 aliphatic rings. The molecule has 8 heteroatoms. The van der Waals surface area contributed by atoms with Gasteiger partial charge in [0.15, 0.2) is 0 Å². The zero-order chi connectivity index (χ0) is 21.1. The van der Waals surface area contributed by atoms with Gasteiger partial charge in [-0.3, -0.25) is 9.52 Å². The van der Waals surface area contributed by atoms with Crippen molar-refractivity contribution in [1.82, 2.24) is 4.90 Å². The molecule has 2 heterocycles. The number of nitrogens with one attached hydrogen (secondary N) is 1. The van der Waals surface area contributed by atoms with Crippen LogP contribution in [0.2, 0.25) is 0 Å². The quantitative estimate of drug-likeness (QED) is 0.602. The number of rotatable bonds is 6. The number of nitrogens with zero attached hydrogens (tertiary/aromatic N) is 1. The summed E-state index contributed by atoms with van der Waals surface area (Å²) in [6.45, 7) is 0.641. The van der Waals surface area contributed by atoms with Crippen LogP contribution in [0, 0.1) is 0 Å². The third-order valence-electron chi connectivity index (χ3n) is 5.19. The normalized spacial score (nSPS) is 16.5. The Morgan fingerprint density at radius 3 is 2.63 bits per heavy atom. The van der Waals surface area contributed by atoms with E-state index in [4.69, 9.17) is 0 Å². The fourth-order valence-electron chi connectivity index (χ4n) is 3.75. The summed E-state index contributed by atoms with van der Waals surface area (Å²) in [6, 6.07) is 17.5. The fraction of sp³-hybridized carbons (Fsp3) is 0.227. The van der Waals surface area contributed by atoms with Gasteiger partial charge in [-0.15, -0.1) is 11.3 Å². The molecule has 156 valence electrons. The van der Waals surface area contributed by atoms with Crippen LogP contribution >= 0.6 is 11.3 Å². The molecule has 1 atom stereocenters. The molecule has 1 amide bonds. The minimum atomic E-state index is -3.72. The van der Waals surface area contributed by atoms with Crippen LogP contribution in [-0.4, -0.2) is 36.9 Å². The number of likely N-dealkylation sites (tertiary alicyclic amines) is 1. The highest BCUT2D eigenvalue weighted by Crippen LogP contribution is 2.29. The molecule has 3 aromatic rings. The summed E-state index contributed by atoms with van der Waals surface area (Å²) in [6.07, 6.45) is 2.61. The van der Waals surface area contributed by atoms with E-state index in [0.29, 0.717) is 6.54 Å². The van der Waals surface area contributed by atoms with Gasteiger partial charge in [-0.2, -0.15) is 0 Å². The summed E-state index contributed by atoms with van der Waals surface area (Å²) < 4.78 is 27.3. The summed E-state index contributed by atoms with van der Waals surface area (Å²) in [7, 11) is -3.72. The summed E-state index contributed by atoms with van der Waals surface area (Å²) >= 11 is 1.11. The Morgan fingerprint density at radius 1 is 1.13 bits per heavy atom. The molecule has 30 heavy (non-hydrogen) atoms. The number of thiophene rings is 1. The maximum absolute atomic E-state index is 13.1. The molecular formula is C22H22N2O4S2. The number of amides is 1. The van der Waals surface area contributed by atoms with E-state index in [1.807, 2.05) is 30.3 Å². The Kier molecular flexibility index (Phi) is 5.78. The number of phenols is 1. The zero-order valence-corrected chi connectivity index (χ0v) is 17.8. The molecule has 1 aromatic heterocycles. The first-order chi connectivity index (χ1) is 14.4. The molecule has 1 fully saturated rings. The second-order valence-corrected chi connectivity index (χ2v) is 10.1. The third kappa shape index (κ3) is 4.34. The van der Waals surface area contributed by atoms with Crippen LogP contribution in [0.4, 0.5) is 5.69 Å². The Balaban J connectivity index is 1.50. The van der Waals surface area contributed by atoms with Crippen molar-refractivity contribution in [3.05, 3.63) is 77.2 Å². The van der Waals surface area contributed by atoms with Gasteiger partial charge in [0.25, 0.3) is 15.9 Å². The molecule has 1 saturated heterocycles. The number of anilines is 1. The molecule has 1 aliphatic heterocycles. The van der Waals surface area contributed by atoms with E-state index < -0.39 is 10.0 Å². The summed E-state index contributed by atoms with van der Waals surface area (Å²) in [5, 5.41) is 12.1.